The highest BCUT2D eigenvalue weighted by Crippen LogP contribution is 2.37. The number of carbonyl (C=O) groups is 1. The average Bonchev–Trinajstić information content (AvgIpc) is 2.25. The second-order valence-corrected chi connectivity index (χ2v) is 4.61. The number of carbonyl (C=O) groups excluding carboxylic acids is 1. The summed E-state index contributed by atoms with van der Waals surface area (Å²) in [4.78, 5) is 10.6. The van der Waals surface area contributed by atoms with E-state index in [-0.39, 0.29) is 17.8 Å². The maximum Gasteiger partial charge on any atom is 0.416 e. The molecular formula is C12H12BrF3O. The molecule has 0 aliphatic rings. The van der Waals surface area contributed by atoms with E-state index in [9.17, 15) is 18.0 Å². The zero-order chi connectivity index (χ0) is 13.2. The third-order valence-electron chi connectivity index (χ3n) is 2.50. The largest absolute Gasteiger partial charge is 0.416 e. The summed E-state index contributed by atoms with van der Waals surface area (Å²) in [5.41, 5.74) is -0.0879. The minimum Gasteiger partial charge on any atom is -0.298 e. The molecule has 0 heterocycles. The molecule has 0 aliphatic carbocycles. The van der Waals surface area contributed by atoms with Crippen molar-refractivity contribution in [1.82, 2.24) is 0 Å². The Morgan fingerprint density at radius 3 is 2.41 bits per heavy atom. The Morgan fingerprint density at radius 1 is 1.41 bits per heavy atom. The van der Waals surface area contributed by atoms with E-state index >= 15 is 0 Å². The molecule has 5 heteroatoms. The van der Waals surface area contributed by atoms with E-state index in [4.69, 9.17) is 0 Å². The maximum absolute atomic E-state index is 12.8. The monoisotopic (exact) mass is 308 g/mol. The lowest BCUT2D eigenvalue weighted by molar-refractivity contribution is -0.138. The smallest absolute Gasteiger partial charge is 0.298 e. The summed E-state index contributed by atoms with van der Waals surface area (Å²) in [6, 6.07) is 3.92. The Morgan fingerprint density at radius 2 is 2.00 bits per heavy atom. The molecule has 0 saturated heterocycles. The Kier molecular flexibility index (Phi) is 4.36. The van der Waals surface area contributed by atoms with Crippen LogP contribution in [0.2, 0.25) is 0 Å². The van der Waals surface area contributed by atoms with Gasteiger partial charge in [0.1, 0.15) is 5.78 Å². The van der Waals surface area contributed by atoms with Gasteiger partial charge < -0.3 is 0 Å². The number of Topliss-reactive ketones (excluding diaryl/α,β-unsaturated/α-hetero) is 1. The van der Waals surface area contributed by atoms with E-state index in [0.29, 0.717) is 5.56 Å². The van der Waals surface area contributed by atoms with Crippen LogP contribution in [0.3, 0.4) is 0 Å². The minimum absolute atomic E-state index is 0.178. The van der Waals surface area contributed by atoms with E-state index in [1.165, 1.54) is 13.0 Å². The molecule has 0 N–H and O–H groups in total. The van der Waals surface area contributed by atoms with Crippen LogP contribution in [0.1, 0.15) is 35.4 Å². The quantitative estimate of drug-likeness (QED) is 0.761. The molecule has 0 amide bonds. The van der Waals surface area contributed by atoms with Crippen molar-refractivity contribution in [3.05, 3.63) is 34.9 Å². The molecule has 1 aromatic rings. The number of rotatable bonds is 3. The summed E-state index contributed by atoms with van der Waals surface area (Å²) in [5, 5.41) is 0. The Balaban J connectivity index is 3.39. The first-order valence-electron chi connectivity index (χ1n) is 5.12. The van der Waals surface area contributed by atoms with Crippen molar-refractivity contribution in [2.24, 2.45) is 0 Å². The Hall–Kier alpha value is -0.840. The SMILES string of the molecule is CCc1c(C(Br)C(C)=O)cccc1C(F)(F)F. The number of ketones is 1. The third kappa shape index (κ3) is 3.09. The highest BCUT2D eigenvalue weighted by atomic mass is 79.9. The highest BCUT2D eigenvalue weighted by Gasteiger charge is 2.34. The van der Waals surface area contributed by atoms with Gasteiger partial charge in [-0.05, 0) is 30.5 Å². The lowest BCUT2D eigenvalue weighted by Crippen LogP contribution is -2.13. The zero-order valence-corrected chi connectivity index (χ0v) is 11.0. The summed E-state index contributed by atoms with van der Waals surface area (Å²) in [6.45, 7) is 2.99. The van der Waals surface area contributed by atoms with Gasteiger partial charge in [0.05, 0.1) is 10.4 Å². The second-order valence-electron chi connectivity index (χ2n) is 3.70. The molecular weight excluding hydrogens is 297 g/mol. The van der Waals surface area contributed by atoms with Crippen LogP contribution in [0.5, 0.6) is 0 Å². The van der Waals surface area contributed by atoms with Crippen LogP contribution in [-0.2, 0) is 17.4 Å². The fourth-order valence-corrected chi connectivity index (χ4v) is 2.15. The summed E-state index contributed by atoms with van der Waals surface area (Å²) in [7, 11) is 0. The summed E-state index contributed by atoms with van der Waals surface area (Å²) >= 11 is 3.13. The van der Waals surface area contributed by atoms with Crippen LogP contribution in [0.15, 0.2) is 18.2 Å². The van der Waals surface area contributed by atoms with Crippen molar-refractivity contribution in [1.29, 1.82) is 0 Å². The van der Waals surface area contributed by atoms with E-state index in [2.05, 4.69) is 15.9 Å². The molecule has 1 atom stereocenters. The van der Waals surface area contributed by atoms with Crippen LogP contribution in [0.25, 0.3) is 0 Å². The fraction of sp³-hybridized carbons (Fsp3) is 0.417. The van der Waals surface area contributed by atoms with Crippen LogP contribution >= 0.6 is 15.9 Å². The molecule has 0 bridgehead atoms. The van der Waals surface area contributed by atoms with Crippen molar-refractivity contribution in [3.8, 4) is 0 Å². The standard InChI is InChI=1S/C12H12BrF3O/c1-3-8-9(11(13)7(2)17)5-4-6-10(8)12(14,15)16/h4-6,11H,3H2,1-2H3. The third-order valence-corrected chi connectivity index (χ3v) is 3.64. The van der Waals surface area contributed by atoms with Crippen molar-refractivity contribution < 1.29 is 18.0 Å². The second kappa shape index (κ2) is 5.21. The number of alkyl halides is 4. The molecule has 17 heavy (non-hydrogen) atoms. The predicted molar refractivity (Wildman–Crippen MR) is 63.2 cm³/mol. The number of hydrogen-bond donors (Lipinski definition) is 0. The molecule has 0 aromatic heterocycles. The molecule has 0 saturated carbocycles. The number of halogens is 4. The number of hydrogen-bond acceptors (Lipinski definition) is 1. The van der Waals surface area contributed by atoms with Crippen molar-refractivity contribution in [3.63, 3.8) is 0 Å². The van der Waals surface area contributed by atoms with Gasteiger partial charge in [-0.3, -0.25) is 4.79 Å². The Labute approximate surface area is 106 Å². The first kappa shape index (κ1) is 14.2. The van der Waals surface area contributed by atoms with Crippen molar-refractivity contribution in [2.75, 3.05) is 0 Å². The summed E-state index contributed by atoms with van der Waals surface area (Å²) in [5.74, 6) is -0.209. The van der Waals surface area contributed by atoms with Crippen LogP contribution in [0.4, 0.5) is 13.2 Å². The summed E-state index contributed by atoms with van der Waals surface area (Å²) in [6.07, 6.45) is -4.15. The predicted octanol–water partition coefficient (Wildman–Crippen LogP) is 4.29. The van der Waals surface area contributed by atoms with Gasteiger partial charge in [0.15, 0.2) is 0 Å². The molecule has 0 radical (unpaired) electrons. The first-order chi connectivity index (χ1) is 7.79. The minimum atomic E-state index is -4.38. The van der Waals surface area contributed by atoms with Gasteiger partial charge in [0.2, 0.25) is 0 Å². The lowest BCUT2D eigenvalue weighted by Gasteiger charge is -2.17. The van der Waals surface area contributed by atoms with Crippen LogP contribution in [-0.4, -0.2) is 5.78 Å². The molecule has 0 fully saturated rings. The average molecular weight is 309 g/mol. The van der Waals surface area contributed by atoms with Crippen molar-refractivity contribution in [2.45, 2.75) is 31.3 Å². The zero-order valence-electron chi connectivity index (χ0n) is 9.44. The van der Waals surface area contributed by atoms with Gasteiger partial charge in [0, 0.05) is 0 Å². The lowest BCUT2D eigenvalue weighted by atomic mass is 9.95. The van der Waals surface area contributed by atoms with E-state index in [0.717, 1.165) is 6.07 Å². The number of benzene rings is 1. The van der Waals surface area contributed by atoms with E-state index in [1.54, 1.807) is 13.0 Å². The molecule has 0 spiro atoms. The summed E-state index contributed by atoms with van der Waals surface area (Å²) < 4.78 is 38.3. The fourth-order valence-electron chi connectivity index (χ4n) is 1.72. The first-order valence-corrected chi connectivity index (χ1v) is 6.04. The van der Waals surface area contributed by atoms with E-state index < -0.39 is 16.6 Å². The van der Waals surface area contributed by atoms with E-state index in [1.807, 2.05) is 0 Å². The van der Waals surface area contributed by atoms with Gasteiger partial charge in [-0.1, -0.05) is 35.0 Å². The molecule has 0 aliphatic heterocycles. The molecule has 1 nitrogen and oxygen atoms in total. The van der Waals surface area contributed by atoms with Gasteiger partial charge in [-0.15, -0.1) is 0 Å². The molecule has 1 unspecified atom stereocenters. The molecule has 1 aromatic carbocycles. The normalized spacial score (nSPS) is 13.5. The van der Waals surface area contributed by atoms with Crippen molar-refractivity contribution >= 4 is 21.7 Å². The Bertz CT molecular complexity index is 426. The van der Waals surface area contributed by atoms with Crippen LogP contribution in [0, 0.1) is 0 Å². The van der Waals surface area contributed by atoms with Gasteiger partial charge in [-0.25, -0.2) is 0 Å². The van der Waals surface area contributed by atoms with Gasteiger partial charge >= 0.3 is 6.18 Å². The van der Waals surface area contributed by atoms with Gasteiger partial charge in [0.25, 0.3) is 0 Å². The highest BCUT2D eigenvalue weighted by molar-refractivity contribution is 9.09. The molecule has 1 rings (SSSR count). The maximum atomic E-state index is 12.8. The molecule has 94 valence electrons. The topological polar surface area (TPSA) is 17.1 Å². The van der Waals surface area contributed by atoms with Gasteiger partial charge in [-0.2, -0.15) is 13.2 Å². The van der Waals surface area contributed by atoms with Crippen LogP contribution < -0.4 is 0 Å².